The van der Waals surface area contributed by atoms with Crippen LogP contribution in [0.25, 0.3) is 0 Å². The molecule has 0 radical (unpaired) electrons. The third-order valence-electron chi connectivity index (χ3n) is 4.52. The lowest BCUT2D eigenvalue weighted by molar-refractivity contribution is -0.119. The van der Waals surface area contributed by atoms with E-state index in [0.29, 0.717) is 22.0 Å². The number of methoxy groups -OCH3 is 1. The zero-order valence-electron chi connectivity index (χ0n) is 19.0. The molecule has 0 aliphatic rings. The average molecular weight is 532 g/mol. The second-order valence-corrected chi connectivity index (χ2v) is 9.17. The quantitative estimate of drug-likeness (QED) is 0.203. The number of nitrogens with one attached hydrogen (secondary N) is 2. The van der Waals surface area contributed by atoms with Crippen LogP contribution in [0.15, 0.2) is 70.7 Å². The van der Waals surface area contributed by atoms with Gasteiger partial charge in [0.15, 0.2) is 18.1 Å². The maximum Gasteiger partial charge on any atom is 0.262 e. The van der Waals surface area contributed by atoms with Crippen molar-refractivity contribution in [1.29, 1.82) is 0 Å². The first-order chi connectivity index (χ1) is 16.8. The van der Waals surface area contributed by atoms with Gasteiger partial charge in [0.25, 0.3) is 5.91 Å². The molecule has 0 atom stereocenters. The Kier molecular flexibility index (Phi) is 9.84. The monoisotopic (exact) mass is 531 g/mol. The van der Waals surface area contributed by atoms with Gasteiger partial charge in [0, 0.05) is 15.6 Å². The van der Waals surface area contributed by atoms with E-state index in [1.807, 2.05) is 43.3 Å². The highest BCUT2D eigenvalue weighted by Gasteiger charge is 2.14. The van der Waals surface area contributed by atoms with Crippen LogP contribution in [0.4, 0.5) is 5.69 Å². The topological polar surface area (TPSA) is 89.0 Å². The fourth-order valence-corrected chi connectivity index (χ4v) is 3.91. The van der Waals surface area contributed by atoms with E-state index in [1.165, 1.54) is 25.1 Å². The number of amides is 2. The molecule has 0 aliphatic carbocycles. The van der Waals surface area contributed by atoms with Gasteiger partial charge >= 0.3 is 0 Å². The molecule has 35 heavy (non-hydrogen) atoms. The summed E-state index contributed by atoms with van der Waals surface area (Å²) in [6.45, 7) is 1.71. The summed E-state index contributed by atoms with van der Waals surface area (Å²) < 4.78 is 11.0. The molecule has 3 rings (SSSR count). The summed E-state index contributed by atoms with van der Waals surface area (Å²) in [6.07, 6.45) is 1.44. The molecule has 3 aromatic carbocycles. The predicted molar refractivity (Wildman–Crippen MR) is 141 cm³/mol. The van der Waals surface area contributed by atoms with Crippen molar-refractivity contribution in [3.8, 4) is 11.5 Å². The fourth-order valence-electron chi connectivity index (χ4n) is 2.82. The van der Waals surface area contributed by atoms with Crippen molar-refractivity contribution < 1.29 is 19.1 Å². The minimum atomic E-state index is -0.336. The highest BCUT2D eigenvalue weighted by Crippen LogP contribution is 2.36. The van der Waals surface area contributed by atoms with Crippen molar-refractivity contribution in [2.75, 3.05) is 24.8 Å². The zero-order chi connectivity index (χ0) is 25.2. The van der Waals surface area contributed by atoms with Gasteiger partial charge in [-0.15, -0.1) is 11.8 Å². The normalized spacial score (nSPS) is 10.7. The van der Waals surface area contributed by atoms with E-state index in [0.717, 1.165) is 10.5 Å². The molecule has 0 bridgehead atoms. The predicted octanol–water partition coefficient (Wildman–Crippen LogP) is 5.57. The van der Waals surface area contributed by atoms with Gasteiger partial charge in [-0.2, -0.15) is 5.10 Å². The van der Waals surface area contributed by atoms with E-state index in [9.17, 15) is 9.59 Å². The molecule has 0 aliphatic heterocycles. The number of nitrogens with zero attached hydrogens (tertiary/aromatic N) is 1. The van der Waals surface area contributed by atoms with Crippen LogP contribution in [0.1, 0.15) is 11.1 Å². The molecule has 7 nitrogen and oxygen atoms in total. The minimum absolute atomic E-state index is 0.195. The Labute approximate surface area is 217 Å². The van der Waals surface area contributed by atoms with Gasteiger partial charge in [0.05, 0.1) is 24.1 Å². The number of carbonyl (C=O) groups excluding carboxylic acids is 2. The smallest absolute Gasteiger partial charge is 0.262 e. The molecule has 0 aromatic heterocycles. The lowest BCUT2D eigenvalue weighted by Gasteiger charge is -2.13. The van der Waals surface area contributed by atoms with E-state index < -0.39 is 0 Å². The van der Waals surface area contributed by atoms with Crippen LogP contribution >= 0.6 is 35.0 Å². The molecule has 0 saturated carbocycles. The number of hydrogen-bond acceptors (Lipinski definition) is 6. The second-order valence-electron chi connectivity index (χ2n) is 7.27. The van der Waals surface area contributed by atoms with Crippen molar-refractivity contribution in [2.24, 2.45) is 5.10 Å². The van der Waals surface area contributed by atoms with Crippen molar-refractivity contribution in [3.63, 3.8) is 0 Å². The van der Waals surface area contributed by atoms with E-state index in [2.05, 4.69) is 15.8 Å². The minimum Gasteiger partial charge on any atom is -0.493 e. The van der Waals surface area contributed by atoms with E-state index in [-0.39, 0.29) is 34.9 Å². The van der Waals surface area contributed by atoms with Crippen molar-refractivity contribution in [2.45, 2.75) is 11.8 Å². The average Bonchev–Trinajstić information content (AvgIpc) is 2.84. The van der Waals surface area contributed by atoms with Gasteiger partial charge in [0.1, 0.15) is 0 Å². The third kappa shape index (κ3) is 8.51. The van der Waals surface area contributed by atoms with Gasteiger partial charge in [-0.3, -0.25) is 9.59 Å². The van der Waals surface area contributed by atoms with Gasteiger partial charge in [-0.05, 0) is 61.0 Å². The van der Waals surface area contributed by atoms with Crippen LogP contribution in [0.2, 0.25) is 10.0 Å². The lowest BCUT2D eigenvalue weighted by atomic mass is 10.2. The summed E-state index contributed by atoms with van der Waals surface area (Å²) in [6, 6.07) is 17.9. The summed E-state index contributed by atoms with van der Waals surface area (Å²) in [5, 5.41) is 7.59. The van der Waals surface area contributed by atoms with Gasteiger partial charge < -0.3 is 14.8 Å². The highest BCUT2D eigenvalue weighted by molar-refractivity contribution is 8.00. The number of aryl methyl sites for hydroxylation is 1. The Bertz CT molecular complexity index is 1200. The molecule has 2 amide bonds. The maximum absolute atomic E-state index is 12.2. The molecular weight excluding hydrogens is 509 g/mol. The first-order valence-electron chi connectivity index (χ1n) is 10.4. The largest absolute Gasteiger partial charge is 0.493 e. The molecule has 0 unspecified atom stereocenters. The Morgan fingerprint density at radius 2 is 1.74 bits per heavy atom. The first kappa shape index (κ1) is 26.4. The molecule has 10 heteroatoms. The number of halogens is 2. The van der Waals surface area contributed by atoms with Crippen LogP contribution < -0.4 is 20.2 Å². The Hall–Kier alpha value is -3.20. The van der Waals surface area contributed by atoms with Crippen LogP contribution in [-0.4, -0.2) is 37.5 Å². The van der Waals surface area contributed by atoms with Gasteiger partial charge in [0.2, 0.25) is 5.91 Å². The first-order valence-corrected chi connectivity index (χ1v) is 12.2. The molecule has 0 saturated heterocycles. The number of ether oxygens (including phenoxy) is 2. The third-order valence-corrected chi connectivity index (χ3v) is 6.07. The molecule has 182 valence electrons. The van der Waals surface area contributed by atoms with E-state index >= 15 is 0 Å². The van der Waals surface area contributed by atoms with Gasteiger partial charge in [-0.25, -0.2) is 5.43 Å². The number of rotatable bonds is 10. The number of hydrogen-bond donors (Lipinski definition) is 2. The molecule has 2 N–H and O–H groups in total. The van der Waals surface area contributed by atoms with Crippen molar-refractivity contribution >= 4 is 58.7 Å². The highest BCUT2D eigenvalue weighted by atomic mass is 35.5. The molecule has 0 heterocycles. The van der Waals surface area contributed by atoms with Crippen LogP contribution in [0.5, 0.6) is 11.5 Å². The summed E-state index contributed by atoms with van der Waals surface area (Å²) in [4.78, 5) is 25.2. The van der Waals surface area contributed by atoms with Crippen LogP contribution in [0.3, 0.4) is 0 Å². The molecule has 0 fully saturated rings. The van der Waals surface area contributed by atoms with Crippen LogP contribution in [0, 0.1) is 6.92 Å². The standard InChI is InChI=1S/C25H23Cl2N3O4S/c1-16-3-7-19(8-4-16)29-23(31)14-34-25-21(27)11-17(12-22(25)33-2)13-28-30-24(32)15-35-20-9-5-18(26)6-10-20/h3-13H,14-15H2,1-2H3,(H,29,31)(H,30,32)/b28-13-. The van der Waals surface area contributed by atoms with Crippen LogP contribution in [-0.2, 0) is 9.59 Å². The number of hydrazone groups is 1. The van der Waals surface area contributed by atoms with E-state index in [1.54, 1.807) is 24.3 Å². The molecular formula is C25H23Cl2N3O4S. The van der Waals surface area contributed by atoms with Gasteiger partial charge in [-0.1, -0.05) is 40.9 Å². The van der Waals surface area contributed by atoms with E-state index in [4.69, 9.17) is 32.7 Å². The fraction of sp³-hybridized carbons (Fsp3) is 0.160. The summed E-state index contributed by atoms with van der Waals surface area (Å²) in [7, 11) is 1.46. The summed E-state index contributed by atoms with van der Waals surface area (Å²) in [5.74, 6) is 0.150. The number of anilines is 1. The number of thioether (sulfide) groups is 1. The Morgan fingerprint density at radius 3 is 2.43 bits per heavy atom. The Balaban J connectivity index is 1.53. The number of benzene rings is 3. The molecule has 0 spiro atoms. The second kappa shape index (κ2) is 13.0. The Morgan fingerprint density at radius 1 is 1.03 bits per heavy atom. The SMILES string of the molecule is COc1cc(/C=N\NC(=O)CSc2ccc(Cl)cc2)cc(Cl)c1OCC(=O)Nc1ccc(C)cc1. The summed E-state index contributed by atoms with van der Waals surface area (Å²) >= 11 is 13.6. The maximum atomic E-state index is 12.2. The summed E-state index contributed by atoms with van der Waals surface area (Å²) in [5.41, 5.74) is 4.81. The lowest BCUT2D eigenvalue weighted by Crippen LogP contribution is -2.20. The number of carbonyl (C=O) groups is 2. The zero-order valence-corrected chi connectivity index (χ0v) is 21.3. The van der Waals surface area contributed by atoms with Crippen molar-refractivity contribution in [3.05, 3.63) is 81.8 Å². The molecule has 3 aromatic rings. The van der Waals surface area contributed by atoms with Crippen molar-refractivity contribution in [1.82, 2.24) is 5.43 Å².